The Hall–Kier alpha value is -0.960. The summed E-state index contributed by atoms with van der Waals surface area (Å²) in [5, 5.41) is 14.3. The summed E-state index contributed by atoms with van der Waals surface area (Å²) in [6, 6.07) is -0.151. The van der Waals surface area contributed by atoms with E-state index in [1.54, 1.807) is 24.1 Å². The highest BCUT2D eigenvalue weighted by atomic mass is 32.2. The van der Waals surface area contributed by atoms with E-state index in [-0.39, 0.29) is 18.4 Å². The van der Waals surface area contributed by atoms with Crippen molar-refractivity contribution in [3.63, 3.8) is 0 Å². The number of methoxy groups -OCH3 is 1. The maximum Gasteiger partial charge on any atom is 0.216 e. The molecule has 0 bridgehead atoms. The Kier molecular flexibility index (Phi) is 5.37. The SMILES string of the molecule is COCCS(=O)(=O)N1CCCC1CC(O)c1cnn(C)c1. The van der Waals surface area contributed by atoms with Gasteiger partial charge in [-0.1, -0.05) is 0 Å². The van der Waals surface area contributed by atoms with E-state index in [9.17, 15) is 13.5 Å². The maximum atomic E-state index is 12.3. The van der Waals surface area contributed by atoms with Crippen LogP contribution in [0.25, 0.3) is 0 Å². The lowest BCUT2D eigenvalue weighted by molar-refractivity contribution is 0.141. The van der Waals surface area contributed by atoms with Crippen LogP contribution in [0.5, 0.6) is 0 Å². The highest BCUT2D eigenvalue weighted by molar-refractivity contribution is 7.89. The third-order valence-electron chi connectivity index (χ3n) is 3.83. The van der Waals surface area contributed by atoms with E-state index >= 15 is 0 Å². The van der Waals surface area contributed by atoms with Crippen molar-refractivity contribution in [3.05, 3.63) is 18.0 Å². The standard InChI is InChI=1S/C13H23N3O4S/c1-15-10-11(9-14-15)13(17)8-12-4-3-5-16(12)21(18,19)7-6-20-2/h9-10,12-13,17H,3-8H2,1-2H3. The smallest absolute Gasteiger partial charge is 0.216 e. The first-order valence-corrected chi connectivity index (χ1v) is 8.70. The summed E-state index contributed by atoms with van der Waals surface area (Å²) in [6.07, 6.45) is 4.69. The molecule has 2 heterocycles. The van der Waals surface area contributed by atoms with E-state index in [4.69, 9.17) is 4.74 Å². The lowest BCUT2D eigenvalue weighted by atomic mass is 10.0. The first-order valence-electron chi connectivity index (χ1n) is 7.09. The van der Waals surface area contributed by atoms with Crippen molar-refractivity contribution in [1.82, 2.24) is 14.1 Å². The van der Waals surface area contributed by atoms with Gasteiger partial charge >= 0.3 is 0 Å². The number of rotatable bonds is 7. The number of hydrogen-bond donors (Lipinski definition) is 1. The molecule has 2 rings (SSSR count). The van der Waals surface area contributed by atoms with E-state index < -0.39 is 16.1 Å². The van der Waals surface area contributed by atoms with Crippen molar-refractivity contribution in [2.24, 2.45) is 7.05 Å². The average molecular weight is 317 g/mol. The summed E-state index contributed by atoms with van der Waals surface area (Å²) in [7, 11) is -0.0433. The van der Waals surface area contributed by atoms with Gasteiger partial charge < -0.3 is 9.84 Å². The number of aromatic nitrogens is 2. The number of ether oxygens (including phenoxy) is 1. The second kappa shape index (κ2) is 6.87. The van der Waals surface area contributed by atoms with E-state index in [0.29, 0.717) is 13.0 Å². The highest BCUT2D eigenvalue weighted by Crippen LogP contribution is 2.29. The predicted molar refractivity (Wildman–Crippen MR) is 78.2 cm³/mol. The Morgan fingerprint density at radius 2 is 2.33 bits per heavy atom. The molecule has 8 heteroatoms. The minimum Gasteiger partial charge on any atom is -0.388 e. The molecule has 21 heavy (non-hydrogen) atoms. The van der Waals surface area contributed by atoms with Crippen LogP contribution >= 0.6 is 0 Å². The third-order valence-corrected chi connectivity index (χ3v) is 5.71. The molecule has 7 nitrogen and oxygen atoms in total. The topological polar surface area (TPSA) is 84.7 Å². The zero-order valence-electron chi connectivity index (χ0n) is 12.5. The van der Waals surface area contributed by atoms with Gasteiger partial charge in [0, 0.05) is 38.5 Å². The van der Waals surface area contributed by atoms with Crippen molar-refractivity contribution in [3.8, 4) is 0 Å². The lowest BCUT2D eigenvalue weighted by Gasteiger charge is -2.25. The number of sulfonamides is 1. The van der Waals surface area contributed by atoms with Gasteiger partial charge in [-0.2, -0.15) is 9.40 Å². The molecule has 2 unspecified atom stereocenters. The first kappa shape index (κ1) is 16.4. The predicted octanol–water partition coefficient (Wildman–Crippen LogP) is 0.284. The molecule has 1 aliphatic rings. The number of aliphatic hydroxyl groups is 1. The van der Waals surface area contributed by atoms with Crippen LogP contribution in [0.4, 0.5) is 0 Å². The van der Waals surface area contributed by atoms with E-state index in [1.165, 1.54) is 11.4 Å². The third kappa shape index (κ3) is 4.03. The summed E-state index contributed by atoms with van der Waals surface area (Å²) in [6.45, 7) is 0.715. The Morgan fingerprint density at radius 1 is 1.57 bits per heavy atom. The van der Waals surface area contributed by atoms with Crippen LogP contribution in [0, 0.1) is 0 Å². The summed E-state index contributed by atoms with van der Waals surface area (Å²) in [4.78, 5) is 0. The Morgan fingerprint density at radius 3 is 2.95 bits per heavy atom. The molecule has 1 N–H and O–H groups in total. The largest absolute Gasteiger partial charge is 0.388 e. The molecule has 0 aromatic carbocycles. The van der Waals surface area contributed by atoms with Crippen LogP contribution in [0.3, 0.4) is 0 Å². The minimum absolute atomic E-state index is 0.0109. The second-order valence-electron chi connectivity index (χ2n) is 5.41. The molecular weight excluding hydrogens is 294 g/mol. The molecule has 120 valence electrons. The molecule has 1 aromatic heterocycles. The van der Waals surface area contributed by atoms with Gasteiger partial charge in [0.05, 0.1) is 24.7 Å². The summed E-state index contributed by atoms with van der Waals surface area (Å²) < 4.78 is 32.5. The fraction of sp³-hybridized carbons (Fsp3) is 0.769. The lowest BCUT2D eigenvalue weighted by Crippen LogP contribution is -2.38. The van der Waals surface area contributed by atoms with Crippen molar-refractivity contribution in [2.75, 3.05) is 26.0 Å². The molecule has 2 atom stereocenters. The van der Waals surface area contributed by atoms with E-state index in [2.05, 4.69) is 5.10 Å². The van der Waals surface area contributed by atoms with Gasteiger partial charge in [0.2, 0.25) is 10.0 Å². The van der Waals surface area contributed by atoms with Crippen LogP contribution in [0.1, 0.15) is 30.9 Å². The van der Waals surface area contributed by atoms with Gasteiger partial charge in [-0.3, -0.25) is 4.68 Å². The second-order valence-corrected chi connectivity index (χ2v) is 7.46. The molecule has 1 aliphatic heterocycles. The van der Waals surface area contributed by atoms with Gasteiger partial charge in [-0.05, 0) is 19.3 Å². The van der Waals surface area contributed by atoms with Gasteiger partial charge in [0.1, 0.15) is 0 Å². The molecule has 1 aromatic rings. The molecule has 1 saturated heterocycles. The Bertz CT molecular complexity index is 558. The minimum atomic E-state index is -3.32. The number of aliphatic hydroxyl groups excluding tert-OH is 1. The quantitative estimate of drug-likeness (QED) is 0.781. The molecule has 0 radical (unpaired) electrons. The van der Waals surface area contributed by atoms with E-state index in [1.807, 2.05) is 0 Å². The number of hydrogen-bond acceptors (Lipinski definition) is 5. The summed E-state index contributed by atoms with van der Waals surface area (Å²) in [5.74, 6) is -0.0109. The van der Waals surface area contributed by atoms with Crippen LogP contribution in [0.15, 0.2) is 12.4 Å². The summed E-state index contributed by atoms with van der Waals surface area (Å²) >= 11 is 0. The fourth-order valence-electron chi connectivity index (χ4n) is 2.72. The van der Waals surface area contributed by atoms with Crippen LogP contribution in [0.2, 0.25) is 0 Å². The van der Waals surface area contributed by atoms with Gasteiger partial charge in [0.25, 0.3) is 0 Å². The van der Waals surface area contributed by atoms with Crippen molar-refractivity contribution in [1.29, 1.82) is 0 Å². The molecule has 0 aliphatic carbocycles. The Labute approximate surface area is 125 Å². The highest BCUT2D eigenvalue weighted by Gasteiger charge is 2.35. The van der Waals surface area contributed by atoms with Crippen LogP contribution in [-0.2, 0) is 21.8 Å². The molecular formula is C13H23N3O4S. The number of nitrogens with zero attached hydrogens (tertiary/aromatic N) is 3. The maximum absolute atomic E-state index is 12.3. The fourth-order valence-corrected chi connectivity index (χ4v) is 4.39. The van der Waals surface area contributed by atoms with E-state index in [0.717, 1.165) is 18.4 Å². The molecule has 0 amide bonds. The zero-order chi connectivity index (χ0) is 15.5. The average Bonchev–Trinajstić information content (AvgIpc) is 3.05. The molecule has 1 fully saturated rings. The van der Waals surface area contributed by atoms with Crippen molar-refractivity contribution < 1.29 is 18.3 Å². The van der Waals surface area contributed by atoms with Crippen molar-refractivity contribution >= 4 is 10.0 Å². The molecule has 0 saturated carbocycles. The summed E-state index contributed by atoms with van der Waals surface area (Å²) in [5.41, 5.74) is 0.721. The first-order chi connectivity index (χ1) is 9.94. The van der Waals surface area contributed by atoms with Crippen molar-refractivity contribution in [2.45, 2.75) is 31.4 Å². The van der Waals surface area contributed by atoms with Gasteiger partial charge in [0.15, 0.2) is 0 Å². The van der Waals surface area contributed by atoms with Gasteiger partial charge in [-0.25, -0.2) is 8.42 Å². The zero-order valence-corrected chi connectivity index (χ0v) is 13.3. The van der Waals surface area contributed by atoms with Gasteiger partial charge in [-0.15, -0.1) is 0 Å². The Balaban J connectivity index is 2.02. The number of aryl methyl sites for hydroxylation is 1. The van der Waals surface area contributed by atoms with Crippen LogP contribution < -0.4 is 0 Å². The monoisotopic (exact) mass is 317 g/mol. The normalized spacial score (nSPS) is 21.8. The molecule has 0 spiro atoms. The van der Waals surface area contributed by atoms with Crippen LogP contribution in [-0.4, -0.2) is 59.7 Å².